The van der Waals surface area contributed by atoms with Gasteiger partial charge < -0.3 is 9.88 Å². The lowest BCUT2D eigenvalue weighted by Crippen LogP contribution is -2.34. The largest absolute Gasteiger partial charge is 0.349 e. The molecule has 1 N–H and O–H groups in total. The molecule has 0 atom stereocenters. The first-order chi connectivity index (χ1) is 8.09. The van der Waals surface area contributed by atoms with Gasteiger partial charge >= 0.3 is 0 Å². The lowest BCUT2D eigenvalue weighted by Gasteiger charge is -2.17. The second-order valence-electron chi connectivity index (χ2n) is 3.85. The Labute approximate surface area is 104 Å². The first-order valence-corrected chi connectivity index (χ1v) is 5.84. The van der Waals surface area contributed by atoms with Gasteiger partial charge in [0, 0.05) is 22.9 Å². The zero-order chi connectivity index (χ0) is 12.2. The summed E-state index contributed by atoms with van der Waals surface area (Å²) in [7, 11) is 0. The zero-order valence-corrected chi connectivity index (χ0v) is 10.1. The third-order valence-corrected chi connectivity index (χ3v) is 3.48. The van der Waals surface area contributed by atoms with Crippen molar-refractivity contribution in [3.8, 4) is 0 Å². The lowest BCUT2D eigenvalue weighted by atomic mass is 10.2. The molecule has 3 nitrogen and oxygen atoms in total. The number of carbonyl (C=O) groups excluding carboxylic acids is 1. The van der Waals surface area contributed by atoms with Crippen molar-refractivity contribution < 1.29 is 13.6 Å². The molecule has 6 heteroatoms. The summed E-state index contributed by atoms with van der Waals surface area (Å²) in [6.07, 6.45) is 0. The van der Waals surface area contributed by atoms with Crippen molar-refractivity contribution in [2.45, 2.75) is 6.54 Å². The molecule has 0 fully saturated rings. The number of hydrogen-bond acceptors (Lipinski definition) is 1. The average molecular weight is 301 g/mol. The molecule has 17 heavy (non-hydrogen) atoms. The Morgan fingerprint density at radius 2 is 2.12 bits per heavy atom. The van der Waals surface area contributed by atoms with Crippen LogP contribution in [0.25, 0.3) is 10.9 Å². The molecular weight excluding hydrogens is 294 g/mol. The van der Waals surface area contributed by atoms with Gasteiger partial charge in [-0.3, -0.25) is 4.79 Å². The van der Waals surface area contributed by atoms with Crippen molar-refractivity contribution in [1.82, 2.24) is 9.88 Å². The fraction of sp³-hybridized carbons (Fsp3) is 0.182. The number of halogens is 3. The Morgan fingerprint density at radius 1 is 1.35 bits per heavy atom. The minimum Gasteiger partial charge on any atom is -0.349 e. The predicted molar refractivity (Wildman–Crippen MR) is 61.9 cm³/mol. The van der Waals surface area contributed by atoms with Crippen molar-refractivity contribution in [2.75, 3.05) is 6.54 Å². The van der Waals surface area contributed by atoms with Crippen molar-refractivity contribution >= 4 is 32.7 Å². The van der Waals surface area contributed by atoms with Crippen molar-refractivity contribution in [2.24, 2.45) is 0 Å². The molecule has 0 unspecified atom stereocenters. The third-order valence-electron chi connectivity index (χ3n) is 2.88. The number of rotatable bonds is 0. The number of benzene rings is 1. The molecule has 0 radical (unpaired) electrons. The first kappa shape index (κ1) is 10.7. The van der Waals surface area contributed by atoms with Crippen LogP contribution in [0.2, 0.25) is 0 Å². The van der Waals surface area contributed by atoms with Crippen LogP contribution in [-0.2, 0) is 6.54 Å². The molecule has 3 rings (SSSR count). The molecule has 0 saturated carbocycles. The summed E-state index contributed by atoms with van der Waals surface area (Å²) < 4.78 is 29.1. The molecule has 2 aromatic rings. The number of aromatic nitrogens is 1. The van der Waals surface area contributed by atoms with Gasteiger partial charge in [-0.25, -0.2) is 8.78 Å². The third kappa shape index (κ3) is 1.40. The number of carbonyl (C=O) groups is 1. The van der Waals surface area contributed by atoms with E-state index in [0.29, 0.717) is 28.8 Å². The standard InChI is InChI=1S/C11H7BrF2N2O/c12-6-4-7(13)9(14)5-3-8-11(17)15-1-2-16(8)10(5)6/h3-4H,1-2H2,(H,15,17). The van der Waals surface area contributed by atoms with Crippen LogP contribution in [0.15, 0.2) is 16.6 Å². The molecule has 2 heterocycles. The number of fused-ring (bicyclic) bond motifs is 3. The van der Waals surface area contributed by atoms with Crippen LogP contribution >= 0.6 is 15.9 Å². The highest BCUT2D eigenvalue weighted by atomic mass is 79.9. The van der Waals surface area contributed by atoms with Gasteiger partial charge in [-0.05, 0) is 28.1 Å². The Bertz CT molecular complexity index is 651. The number of nitrogens with zero attached hydrogens (tertiary/aromatic N) is 1. The van der Waals surface area contributed by atoms with E-state index < -0.39 is 11.6 Å². The molecule has 0 spiro atoms. The summed E-state index contributed by atoms with van der Waals surface area (Å²) in [6, 6.07) is 2.46. The molecular formula is C11H7BrF2N2O. The highest BCUT2D eigenvalue weighted by Gasteiger charge is 2.23. The summed E-state index contributed by atoms with van der Waals surface area (Å²) in [6.45, 7) is 1.04. The Kier molecular flexibility index (Phi) is 2.22. The Morgan fingerprint density at radius 3 is 2.88 bits per heavy atom. The van der Waals surface area contributed by atoms with E-state index in [-0.39, 0.29) is 11.3 Å². The highest BCUT2D eigenvalue weighted by Crippen LogP contribution is 2.32. The van der Waals surface area contributed by atoms with Gasteiger partial charge in [0.15, 0.2) is 11.6 Å². The fourth-order valence-electron chi connectivity index (χ4n) is 2.14. The van der Waals surface area contributed by atoms with E-state index in [1.54, 1.807) is 4.57 Å². The zero-order valence-electron chi connectivity index (χ0n) is 8.56. The van der Waals surface area contributed by atoms with E-state index in [1.807, 2.05) is 0 Å². The molecule has 1 aromatic carbocycles. The van der Waals surface area contributed by atoms with Crippen LogP contribution in [-0.4, -0.2) is 17.0 Å². The van der Waals surface area contributed by atoms with Crippen LogP contribution in [0.3, 0.4) is 0 Å². The van der Waals surface area contributed by atoms with E-state index in [0.717, 1.165) is 6.07 Å². The van der Waals surface area contributed by atoms with E-state index in [4.69, 9.17) is 0 Å². The molecule has 0 aliphatic carbocycles. The monoisotopic (exact) mass is 300 g/mol. The van der Waals surface area contributed by atoms with Gasteiger partial charge in [0.05, 0.1) is 5.52 Å². The van der Waals surface area contributed by atoms with Crippen molar-refractivity contribution in [3.05, 3.63) is 33.9 Å². The SMILES string of the molecule is O=C1NCCn2c1cc1c(F)c(F)cc(Br)c12. The van der Waals surface area contributed by atoms with Crippen molar-refractivity contribution in [3.63, 3.8) is 0 Å². The predicted octanol–water partition coefficient (Wildman–Crippen LogP) is 2.43. The van der Waals surface area contributed by atoms with Crippen LogP contribution in [0.1, 0.15) is 10.5 Å². The topological polar surface area (TPSA) is 34.0 Å². The second-order valence-corrected chi connectivity index (χ2v) is 4.71. The molecule has 1 aliphatic heterocycles. The molecule has 88 valence electrons. The summed E-state index contributed by atoms with van der Waals surface area (Å²) in [5.41, 5.74) is 0.880. The number of nitrogens with one attached hydrogen (secondary N) is 1. The van der Waals surface area contributed by atoms with E-state index in [9.17, 15) is 13.6 Å². The lowest BCUT2D eigenvalue weighted by molar-refractivity contribution is 0.0929. The second kappa shape index (κ2) is 3.53. The van der Waals surface area contributed by atoms with Crippen molar-refractivity contribution in [1.29, 1.82) is 0 Å². The van der Waals surface area contributed by atoms with Gasteiger partial charge in [0.2, 0.25) is 0 Å². The normalized spacial score (nSPS) is 14.9. The van der Waals surface area contributed by atoms with Crippen LogP contribution in [0.5, 0.6) is 0 Å². The first-order valence-electron chi connectivity index (χ1n) is 5.04. The van der Waals surface area contributed by atoms with E-state index >= 15 is 0 Å². The van der Waals surface area contributed by atoms with E-state index in [2.05, 4.69) is 21.2 Å². The average Bonchev–Trinajstić information content (AvgIpc) is 2.67. The smallest absolute Gasteiger partial charge is 0.268 e. The number of amides is 1. The Balaban J connectivity index is 2.46. The maximum atomic E-state index is 13.7. The van der Waals surface area contributed by atoms with Crippen LogP contribution < -0.4 is 5.32 Å². The number of hydrogen-bond donors (Lipinski definition) is 1. The van der Waals surface area contributed by atoms with Gasteiger partial charge in [0.25, 0.3) is 5.91 Å². The molecule has 1 aliphatic rings. The highest BCUT2D eigenvalue weighted by molar-refractivity contribution is 9.10. The van der Waals surface area contributed by atoms with Crippen LogP contribution in [0, 0.1) is 11.6 Å². The van der Waals surface area contributed by atoms with Gasteiger partial charge in [0.1, 0.15) is 5.69 Å². The molecule has 1 amide bonds. The molecule has 0 bridgehead atoms. The Hall–Kier alpha value is -1.43. The van der Waals surface area contributed by atoms with Gasteiger partial charge in [-0.2, -0.15) is 0 Å². The summed E-state index contributed by atoms with van der Waals surface area (Å²) >= 11 is 3.20. The van der Waals surface area contributed by atoms with Crippen LogP contribution in [0.4, 0.5) is 8.78 Å². The molecule has 1 aromatic heterocycles. The minimum atomic E-state index is -0.923. The van der Waals surface area contributed by atoms with E-state index in [1.165, 1.54) is 6.07 Å². The summed E-state index contributed by atoms with van der Waals surface area (Å²) in [5, 5.41) is 2.79. The maximum absolute atomic E-state index is 13.7. The maximum Gasteiger partial charge on any atom is 0.268 e. The quantitative estimate of drug-likeness (QED) is 0.745. The summed E-state index contributed by atoms with van der Waals surface area (Å²) in [5.74, 6) is -2.11. The fourth-order valence-corrected chi connectivity index (χ4v) is 2.77. The van der Waals surface area contributed by atoms with Gasteiger partial charge in [-0.1, -0.05) is 0 Å². The minimum absolute atomic E-state index is 0.129. The molecule has 0 saturated heterocycles. The van der Waals surface area contributed by atoms with Gasteiger partial charge in [-0.15, -0.1) is 0 Å². The summed E-state index contributed by atoms with van der Waals surface area (Å²) in [4.78, 5) is 11.6.